The third kappa shape index (κ3) is 4.55. The van der Waals surface area contributed by atoms with Gasteiger partial charge in [-0.15, -0.1) is 11.3 Å². The Labute approximate surface area is 117 Å². The summed E-state index contributed by atoms with van der Waals surface area (Å²) in [7, 11) is 0. The lowest BCUT2D eigenvalue weighted by Crippen LogP contribution is -2.45. The van der Waals surface area contributed by atoms with Crippen LogP contribution < -0.4 is 11.1 Å². The van der Waals surface area contributed by atoms with Crippen LogP contribution in [0.1, 0.15) is 25.6 Å². The summed E-state index contributed by atoms with van der Waals surface area (Å²) in [6, 6.07) is 4.04. The van der Waals surface area contributed by atoms with Gasteiger partial charge in [0.2, 0.25) is 5.91 Å². The van der Waals surface area contributed by atoms with Crippen molar-refractivity contribution < 1.29 is 10.0 Å². The Bertz CT molecular complexity index is 429. The number of hydrogen-bond acceptors (Lipinski definition) is 4. The lowest BCUT2D eigenvalue weighted by Gasteiger charge is -2.21. The molecule has 1 aromatic heterocycles. The van der Waals surface area contributed by atoms with E-state index in [2.05, 4.69) is 10.5 Å². The molecular formula is C13H21N3O2S. The van der Waals surface area contributed by atoms with Crippen molar-refractivity contribution in [1.82, 2.24) is 5.32 Å². The number of carbonyl (C=O) groups excluding carboxylic acids is 1. The average Bonchev–Trinajstić information content (AvgIpc) is 2.80. The maximum absolute atomic E-state index is 12.1. The number of rotatable bonds is 6. The standard InChI is InChI=1S/C13H21N3O2S/c1-8(2)11(12(14)16-18)13(17)15-9(3)7-10-5-4-6-19-10/h4-6,8-9,11,18H,7H2,1-3H3,(H2,14,16)(H,15,17). The van der Waals surface area contributed by atoms with Gasteiger partial charge in [-0.1, -0.05) is 25.1 Å². The third-order valence-electron chi connectivity index (χ3n) is 2.86. The minimum atomic E-state index is -0.601. The predicted octanol–water partition coefficient (Wildman–Crippen LogP) is 1.81. The van der Waals surface area contributed by atoms with Crippen molar-refractivity contribution in [2.75, 3.05) is 0 Å². The van der Waals surface area contributed by atoms with Crippen LogP contribution in [0.15, 0.2) is 22.7 Å². The van der Waals surface area contributed by atoms with Crippen molar-refractivity contribution in [2.24, 2.45) is 22.7 Å². The van der Waals surface area contributed by atoms with Gasteiger partial charge in [0, 0.05) is 17.3 Å². The number of amides is 1. The van der Waals surface area contributed by atoms with Crippen LogP contribution in [0, 0.1) is 11.8 Å². The Hall–Kier alpha value is -1.56. The highest BCUT2D eigenvalue weighted by atomic mass is 32.1. The molecule has 2 atom stereocenters. The van der Waals surface area contributed by atoms with Crippen molar-refractivity contribution in [3.63, 3.8) is 0 Å². The highest BCUT2D eigenvalue weighted by Gasteiger charge is 2.27. The van der Waals surface area contributed by atoms with Gasteiger partial charge in [-0.3, -0.25) is 4.79 Å². The van der Waals surface area contributed by atoms with Crippen LogP contribution in [0.2, 0.25) is 0 Å². The zero-order chi connectivity index (χ0) is 14.4. The molecule has 0 aliphatic rings. The molecule has 1 amide bonds. The van der Waals surface area contributed by atoms with Crippen molar-refractivity contribution in [3.05, 3.63) is 22.4 Å². The van der Waals surface area contributed by atoms with E-state index >= 15 is 0 Å². The number of nitrogens with one attached hydrogen (secondary N) is 1. The number of nitrogens with two attached hydrogens (primary N) is 1. The first-order chi connectivity index (χ1) is 8.95. The third-order valence-corrected chi connectivity index (χ3v) is 3.76. The van der Waals surface area contributed by atoms with Gasteiger partial charge in [-0.25, -0.2) is 0 Å². The number of nitrogens with zero attached hydrogens (tertiary/aromatic N) is 1. The van der Waals surface area contributed by atoms with Gasteiger partial charge in [0.1, 0.15) is 5.92 Å². The normalized spacial score (nSPS) is 15.3. The Kier molecular flexibility index (Phi) is 5.82. The number of thiophene rings is 1. The summed E-state index contributed by atoms with van der Waals surface area (Å²) in [5.74, 6) is -0.870. The number of carbonyl (C=O) groups is 1. The molecule has 0 saturated carbocycles. The molecule has 2 unspecified atom stereocenters. The summed E-state index contributed by atoms with van der Waals surface area (Å²) < 4.78 is 0. The second kappa shape index (κ2) is 7.13. The second-order valence-electron chi connectivity index (χ2n) is 4.94. The zero-order valence-electron chi connectivity index (χ0n) is 11.5. The van der Waals surface area contributed by atoms with E-state index in [9.17, 15) is 4.79 Å². The lowest BCUT2D eigenvalue weighted by molar-refractivity contribution is -0.124. The molecule has 0 bridgehead atoms. The molecule has 0 spiro atoms. The fourth-order valence-corrected chi connectivity index (χ4v) is 2.79. The molecule has 0 saturated heterocycles. The van der Waals surface area contributed by atoms with Gasteiger partial charge in [-0.2, -0.15) is 0 Å². The van der Waals surface area contributed by atoms with Gasteiger partial charge in [0.15, 0.2) is 5.84 Å². The zero-order valence-corrected chi connectivity index (χ0v) is 12.3. The molecule has 0 aliphatic heterocycles. The lowest BCUT2D eigenvalue weighted by atomic mass is 9.93. The van der Waals surface area contributed by atoms with Crippen LogP contribution in [-0.4, -0.2) is 23.0 Å². The summed E-state index contributed by atoms with van der Waals surface area (Å²) in [4.78, 5) is 13.4. The van der Waals surface area contributed by atoms with E-state index in [1.807, 2.05) is 38.3 Å². The predicted molar refractivity (Wildman–Crippen MR) is 77.4 cm³/mol. The molecule has 0 aromatic carbocycles. The van der Waals surface area contributed by atoms with E-state index in [4.69, 9.17) is 10.9 Å². The van der Waals surface area contributed by atoms with E-state index < -0.39 is 5.92 Å². The minimum absolute atomic E-state index is 0.0129. The monoisotopic (exact) mass is 283 g/mol. The summed E-state index contributed by atoms with van der Waals surface area (Å²) in [6.07, 6.45) is 0.782. The van der Waals surface area contributed by atoms with Crippen LogP contribution in [0.25, 0.3) is 0 Å². The van der Waals surface area contributed by atoms with Crippen molar-refractivity contribution in [1.29, 1.82) is 0 Å². The molecule has 19 heavy (non-hydrogen) atoms. The van der Waals surface area contributed by atoms with Gasteiger partial charge >= 0.3 is 0 Å². The van der Waals surface area contributed by atoms with E-state index in [0.29, 0.717) is 0 Å². The number of amidine groups is 1. The van der Waals surface area contributed by atoms with Crippen LogP contribution in [-0.2, 0) is 11.2 Å². The topological polar surface area (TPSA) is 87.7 Å². The molecule has 6 heteroatoms. The first-order valence-corrected chi connectivity index (χ1v) is 7.13. The van der Waals surface area contributed by atoms with E-state index in [1.165, 1.54) is 4.88 Å². The van der Waals surface area contributed by atoms with Crippen LogP contribution in [0.4, 0.5) is 0 Å². The minimum Gasteiger partial charge on any atom is -0.409 e. The molecule has 4 N–H and O–H groups in total. The van der Waals surface area contributed by atoms with Gasteiger partial charge in [0.25, 0.3) is 0 Å². The van der Waals surface area contributed by atoms with Crippen molar-refractivity contribution in [3.8, 4) is 0 Å². The highest BCUT2D eigenvalue weighted by Crippen LogP contribution is 2.14. The molecule has 1 aromatic rings. The van der Waals surface area contributed by atoms with Crippen LogP contribution in [0.3, 0.4) is 0 Å². The SMILES string of the molecule is CC(Cc1cccs1)NC(=O)C(C(N)=NO)C(C)C. The van der Waals surface area contributed by atoms with E-state index in [1.54, 1.807) is 11.3 Å². The van der Waals surface area contributed by atoms with Gasteiger partial charge < -0.3 is 16.3 Å². The molecule has 0 aliphatic carbocycles. The summed E-state index contributed by atoms with van der Waals surface area (Å²) in [5.41, 5.74) is 5.57. The van der Waals surface area contributed by atoms with Crippen LogP contribution >= 0.6 is 11.3 Å². The Morgan fingerprint density at radius 3 is 2.68 bits per heavy atom. The smallest absolute Gasteiger partial charge is 0.231 e. The Morgan fingerprint density at radius 1 is 1.53 bits per heavy atom. The van der Waals surface area contributed by atoms with E-state index in [0.717, 1.165) is 6.42 Å². The first kappa shape index (κ1) is 15.5. The van der Waals surface area contributed by atoms with Crippen LogP contribution in [0.5, 0.6) is 0 Å². The summed E-state index contributed by atoms with van der Waals surface area (Å²) >= 11 is 1.66. The second-order valence-corrected chi connectivity index (χ2v) is 5.97. The van der Waals surface area contributed by atoms with Gasteiger partial charge in [-0.05, 0) is 24.3 Å². The maximum Gasteiger partial charge on any atom is 0.231 e. The molecule has 5 nitrogen and oxygen atoms in total. The average molecular weight is 283 g/mol. The number of hydrogen-bond donors (Lipinski definition) is 3. The van der Waals surface area contributed by atoms with Crippen molar-refractivity contribution >= 4 is 23.1 Å². The largest absolute Gasteiger partial charge is 0.409 e. The fourth-order valence-electron chi connectivity index (χ4n) is 1.95. The first-order valence-electron chi connectivity index (χ1n) is 6.25. The summed E-state index contributed by atoms with van der Waals surface area (Å²) in [6.45, 7) is 5.68. The molecular weight excluding hydrogens is 262 g/mol. The fraction of sp³-hybridized carbons (Fsp3) is 0.538. The van der Waals surface area contributed by atoms with Crippen molar-refractivity contribution in [2.45, 2.75) is 33.2 Å². The molecule has 1 rings (SSSR count). The highest BCUT2D eigenvalue weighted by molar-refractivity contribution is 7.09. The molecule has 0 fully saturated rings. The summed E-state index contributed by atoms with van der Waals surface area (Å²) in [5, 5.41) is 16.6. The molecule has 0 radical (unpaired) electrons. The molecule has 1 heterocycles. The number of oxime groups is 1. The molecule has 106 valence electrons. The quantitative estimate of drug-likeness (QED) is 0.322. The van der Waals surface area contributed by atoms with E-state index in [-0.39, 0.29) is 23.7 Å². The Morgan fingerprint density at radius 2 is 2.21 bits per heavy atom. The van der Waals surface area contributed by atoms with Gasteiger partial charge in [0.05, 0.1) is 0 Å². The Balaban J connectivity index is 2.61. The maximum atomic E-state index is 12.1.